The molecule has 5 heteroatoms. The van der Waals surface area contributed by atoms with Gasteiger partial charge in [0, 0.05) is 5.69 Å². The Morgan fingerprint density at radius 2 is 1.92 bits per heavy atom. The van der Waals surface area contributed by atoms with Gasteiger partial charge in [0.25, 0.3) is 0 Å². The summed E-state index contributed by atoms with van der Waals surface area (Å²) in [7, 11) is 0. The maximum absolute atomic E-state index is 12.4. The van der Waals surface area contributed by atoms with Crippen LogP contribution in [0.2, 0.25) is 0 Å². The lowest BCUT2D eigenvalue weighted by atomic mass is 10.1. The molecule has 1 N–H and O–H groups in total. The smallest absolute Gasteiger partial charge is 0.244 e. The van der Waals surface area contributed by atoms with E-state index in [0.29, 0.717) is 16.6 Å². The maximum Gasteiger partial charge on any atom is 0.244 e. The minimum Gasteiger partial charge on any atom is -0.325 e. The Kier molecular flexibility index (Phi) is 3.64. The van der Waals surface area contributed by atoms with Crippen molar-refractivity contribution in [2.45, 2.75) is 6.54 Å². The van der Waals surface area contributed by atoms with Crippen LogP contribution in [0.25, 0.3) is 21.8 Å². The summed E-state index contributed by atoms with van der Waals surface area (Å²) in [6.45, 7) is 0.0992. The van der Waals surface area contributed by atoms with E-state index in [0.717, 1.165) is 16.5 Å². The van der Waals surface area contributed by atoms with E-state index in [-0.39, 0.29) is 12.5 Å². The molecular weight excluding hydrogens is 312 g/mol. The summed E-state index contributed by atoms with van der Waals surface area (Å²) in [6.07, 6.45) is 1.59. The highest BCUT2D eigenvalue weighted by Gasteiger charge is 2.11. The lowest BCUT2D eigenvalue weighted by molar-refractivity contribution is -0.116. The van der Waals surface area contributed by atoms with Crippen LogP contribution in [0.3, 0.4) is 0 Å². The largest absolute Gasteiger partial charge is 0.325 e. The molecule has 5 nitrogen and oxygen atoms in total. The van der Waals surface area contributed by atoms with E-state index in [1.807, 2.05) is 48.5 Å². The summed E-state index contributed by atoms with van der Waals surface area (Å²) < 4.78 is 1.70. The molecule has 0 aliphatic rings. The van der Waals surface area contributed by atoms with Crippen molar-refractivity contribution in [1.29, 1.82) is 5.26 Å². The fourth-order valence-corrected chi connectivity index (χ4v) is 2.96. The Balaban J connectivity index is 1.59. The maximum atomic E-state index is 12.4. The Morgan fingerprint density at radius 1 is 1.08 bits per heavy atom. The third-order valence-corrected chi connectivity index (χ3v) is 4.11. The van der Waals surface area contributed by atoms with E-state index in [2.05, 4.69) is 16.4 Å². The fourth-order valence-electron chi connectivity index (χ4n) is 2.96. The third kappa shape index (κ3) is 2.81. The quantitative estimate of drug-likeness (QED) is 0.624. The van der Waals surface area contributed by atoms with Crippen LogP contribution in [0, 0.1) is 11.3 Å². The van der Waals surface area contributed by atoms with Crippen LogP contribution in [0.5, 0.6) is 0 Å². The molecule has 0 aliphatic heterocycles. The fraction of sp³-hybridized carbons (Fsp3) is 0.0500. The second-order valence-corrected chi connectivity index (χ2v) is 5.77. The molecule has 0 bridgehead atoms. The van der Waals surface area contributed by atoms with Crippen molar-refractivity contribution in [2.24, 2.45) is 0 Å². The van der Waals surface area contributed by atoms with Crippen LogP contribution >= 0.6 is 0 Å². The number of amides is 1. The number of imidazole rings is 1. The van der Waals surface area contributed by atoms with Gasteiger partial charge in [-0.2, -0.15) is 5.26 Å². The Morgan fingerprint density at radius 3 is 2.76 bits per heavy atom. The minimum absolute atomic E-state index is 0.0992. The molecule has 0 radical (unpaired) electrons. The second kappa shape index (κ2) is 6.10. The van der Waals surface area contributed by atoms with Crippen LogP contribution in [0.15, 0.2) is 67.0 Å². The van der Waals surface area contributed by atoms with Gasteiger partial charge in [0.05, 0.1) is 22.9 Å². The summed E-state index contributed by atoms with van der Waals surface area (Å²) in [5, 5.41) is 14.4. The molecule has 1 aromatic heterocycles. The molecule has 0 fully saturated rings. The van der Waals surface area contributed by atoms with E-state index >= 15 is 0 Å². The SMILES string of the molecule is N#Cc1cccc2ncn(CC(=O)Nc3ccc4ccccc4c3)c12. The number of nitrogens with one attached hydrogen (secondary N) is 1. The topological polar surface area (TPSA) is 70.7 Å². The highest BCUT2D eigenvalue weighted by atomic mass is 16.1. The van der Waals surface area contributed by atoms with Crippen molar-refractivity contribution in [3.63, 3.8) is 0 Å². The molecule has 0 saturated heterocycles. The number of benzene rings is 3. The van der Waals surface area contributed by atoms with Gasteiger partial charge in [-0.3, -0.25) is 4.79 Å². The molecule has 0 atom stereocenters. The Bertz CT molecular complexity index is 1140. The van der Waals surface area contributed by atoms with Crippen molar-refractivity contribution in [3.05, 3.63) is 72.6 Å². The first-order chi connectivity index (χ1) is 12.2. The van der Waals surface area contributed by atoms with Crippen molar-refractivity contribution < 1.29 is 4.79 Å². The minimum atomic E-state index is -0.165. The number of rotatable bonds is 3. The monoisotopic (exact) mass is 326 g/mol. The molecule has 120 valence electrons. The molecule has 4 rings (SSSR count). The normalized spacial score (nSPS) is 10.7. The van der Waals surface area contributed by atoms with Crippen molar-refractivity contribution >= 4 is 33.4 Å². The van der Waals surface area contributed by atoms with Gasteiger partial charge in [0.15, 0.2) is 0 Å². The summed E-state index contributed by atoms with van der Waals surface area (Å²) in [5.41, 5.74) is 2.64. The van der Waals surface area contributed by atoms with E-state index < -0.39 is 0 Å². The van der Waals surface area contributed by atoms with E-state index in [4.69, 9.17) is 0 Å². The van der Waals surface area contributed by atoms with Gasteiger partial charge in [0.1, 0.15) is 12.6 Å². The predicted octanol–water partition coefficient (Wildman–Crippen LogP) is 3.70. The van der Waals surface area contributed by atoms with Crippen LogP contribution < -0.4 is 5.32 Å². The van der Waals surface area contributed by atoms with Gasteiger partial charge < -0.3 is 9.88 Å². The number of aromatic nitrogens is 2. The molecule has 4 aromatic rings. The van der Waals surface area contributed by atoms with Gasteiger partial charge in [0.2, 0.25) is 5.91 Å². The number of hydrogen-bond donors (Lipinski definition) is 1. The first-order valence-electron chi connectivity index (χ1n) is 7.87. The number of fused-ring (bicyclic) bond motifs is 2. The van der Waals surface area contributed by atoms with Crippen molar-refractivity contribution in [3.8, 4) is 6.07 Å². The second-order valence-electron chi connectivity index (χ2n) is 5.77. The standard InChI is InChI=1S/C20H14N4O/c21-11-16-6-3-7-18-20(16)24(13-22-18)12-19(25)23-17-9-8-14-4-1-2-5-15(14)10-17/h1-10,13H,12H2,(H,23,25). The lowest BCUT2D eigenvalue weighted by Gasteiger charge is -2.08. The average Bonchev–Trinajstić information content (AvgIpc) is 3.04. The predicted molar refractivity (Wildman–Crippen MR) is 97.0 cm³/mol. The third-order valence-electron chi connectivity index (χ3n) is 4.11. The van der Waals surface area contributed by atoms with Gasteiger partial charge >= 0.3 is 0 Å². The number of nitriles is 1. The molecule has 0 saturated carbocycles. The van der Waals surface area contributed by atoms with Crippen LogP contribution in [0.1, 0.15) is 5.56 Å². The molecule has 1 heterocycles. The summed E-state index contributed by atoms with van der Waals surface area (Å²) in [4.78, 5) is 16.7. The summed E-state index contributed by atoms with van der Waals surface area (Å²) >= 11 is 0. The van der Waals surface area contributed by atoms with Crippen LogP contribution in [-0.2, 0) is 11.3 Å². The van der Waals surface area contributed by atoms with E-state index in [1.54, 1.807) is 23.0 Å². The van der Waals surface area contributed by atoms with Gasteiger partial charge in [-0.05, 0) is 35.0 Å². The van der Waals surface area contributed by atoms with Gasteiger partial charge in [-0.25, -0.2) is 4.98 Å². The highest BCUT2D eigenvalue weighted by molar-refractivity contribution is 5.95. The van der Waals surface area contributed by atoms with E-state index in [1.165, 1.54) is 0 Å². The number of nitrogens with zero attached hydrogens (tertiary/aromatic N) is 3. The zero-order valence-electron chi connectivity index (χ0n) is 13.3. The molecule has 0 aliphatic carbocycles. The lowest BCUT2D eigenvalue weighted by Crippen LogP contribution is -2.18. The van der Waals surface area contributed by atoms with Crippen LogP contribution in [0.4, 0.5) is 5.69 Å². The Labute approximate surface area is 144 Å². The molecular formula is C20H14N4O. The van der Waals surface area contributed by atoms with E-state index in [9.17, 15) is 10.1 Å². The zero-order valence-corrected chi connectivity index (χ0v) is 13.3. The molecule has 0 spiro atoms. The number of carbonyl (C=O) groups is 1. The van der Waals surface area contributed by atoms with Crippen molar-refractivity contribution in [1.82, 2.24) is 9.55 Å². The van der Waals surface area contributed by atoms with Crippen molar-refractivity contribution in [2.75, 3.05) is 5.32 Å². The molecule has 25 heavy (non-hydrogen) atoms. The molecule has 0 unspecified atom stereocenters. The first-order valence-corrected chi connectivity index (χ1v) is 7.87. The number of para-hydroxylation sites is 1. The first kappa shape index (κ1) is 14.9. The van der Waals surface area contributed by atoms with Crippen LogP contribution in [-0.4, -0.2) is 15.5 Å². The number of anilines is 1. The summed E-state index contributed by atoms with van der Waals surface area (Å²) in [6, 6.07) is 21.3. The highest BCUT2D eigenvalue weighted by Crippen LogP contribution is 2.20. The molecule has 3 aromatic carbocycles. The zero-order chi connectivity index (χ0) is 17.2. The Hall–Kier alpha value is -3.65. The van der Waals surface area contributed by atoms with Gasteiger partial charge in [-0.15, -0.1) is 0 Å². The number of carbonyl (C=O) groups excluding carboxylic acids is 1. The molecule has 1 amide bonds. The average molecular weight is 326 g/mol. The van der Waals surface area contributed by atoms with Gasteiger partial charge in [-0.1, -0.05) is 36.4 Å². The summed E-state index contributed by atoms with van der Waals surface area (Å²) in [5.74, 6) is -0.165. The number of hydrogen-bond acceptors (Lipinski definition) is 3.